The van der Waals surface area contributed by atoms with Gasteiger partial charge in [0.1, 0.15) is 15.8 Å². The number of sulfonamides is 1. The van der Waals surface area contributed by atoms with Gasteiger partial charge in [0.2, 0.25) is 0 Å². The number of hydrogen-bond donors (Lipinski definition) is 1. The average molecular weight is 473 g/mol. The van der Waals surface area contributed by atoms with Gasteiger partial charge in [-0.3, -0.25) is 4.79 Å². The number of nitrogens with one attached hydrogen (secondary N) is 1. The highest BCUT2D eigenvalue weighted by molar-refractivity contribution is 7.91. The number of amides is 1. The lowest BCUT2D eigenvalue weighted by Crippen LogP contribution is -2.36. The Hall–Kier alpha value is -2.37. The maximum absolute atomic E-state index is 14.0. The smallest absolute Gasteiger partial charge is 0.340 e. The molecular weight excluding hydrogens is 450 g/mol. The fourth-order valence-corrected chi connectivity index (χ4v) is 6.53. The van der Waals surface area contributed by atoms with Crippen molar-refractivity contribution < 1.29 is 31.5 Å². The second-order valence-corrected chi connectivity index (χ2v) is 10.2. The minimum atomic E-state index is -3.99. The van der Waals surface area contributed by atoms with Gasteiger partial charge in [0.15, 0.2) is 0 Å². The second-order valence-electron chi connectivity index (χ2n) is 7.19. The highest BCUT2D eigenvalue weighted by Gasteiger charge is 2.35. The highest BCUT2D eigenvalue weighted by Crippen LogP contribution is 2.37. The quantitative estimate of drug-likeness (QED) is 0.653. The van der Waals surface area contributed by atoms with Gasteiger partial charge in [0, 0.05) is 23.5 Å². The molecule has 0 saturated heterocycles. The minimum Gasteiger partial charge on any atom is -0.465 e. The predicted molar refractivity (Wildman–Crippen MR) is 111 cm³/mol. The average Bonchev–Trinajstić information content (AvgIpc) is 3.12. The molecule has 0 fully saturated rings. The van der Waals surface area contributed by atoms with Gasteiger partial charge in [0.25, 0.3) is 15.9 Å². The van der Waals surface area contributed by atoms with E-state index < -0.39 is 33.5 Å². The minimum absolute atomic E-state index is 0.00149. The first-order valence-corrected chi connectivity index (χ1v) is 11.9. The molecule has 0 spiro atoms. The first-order chi connectivity index (χ1) is 14.6. The Kier molecular flexibility index (Phi) is 6.77. The van der Waals surface area contributed by atoms with Gasteiger partial charge < -0.3 is 9.64 Å². The van der Waals surface area contributed by atoms with Crippen LogP contribution in [-0.4, -0.2) is 44.9 Å². The molecule has 1 aromatic heterocycles. The third kappa shape index (κ3) is 4.63. The summed E-state index contributed by atoms with van der Waals surface area (Å²) in [7, 11) is -2.82. The van der Waals surface area contributed by atoms with E-state index in [-0.39, 0.29) is 40.9 Å². The molecule has 1 aliphatic rings. The normalized spacial score (nSPS) is 14.8. The fraction of sp³-hybridized carbons (Fsp3) is 0.400. The molecule has 2 heterocycles. The van der Waals surface area contributed by atoms with Gasteiger partial charge in [0.05, 0.1) is 24.8 Å². The summed E-state index contributed by atoms with van der Waals surface area (Å²) >= 11 is 0.889. The summed E-state index contributed by atoms with van der Waals surface area (Å²) < 4.78 is 60.2. The number of halogens is 2. The van der Waals surface area contributed by atoms with Gasteiger partial charge in [-0.05, 0) is 37.5 Å². The van der Waals surface area contributed by atoms with Crippen LogP contribution in [0.25, 0.3) is 0 Å². The predicted octanol–water partition coefficient (Wildman–Crippen LogP) is 3.09. The maximum atomic E-state index is 14.0. The van der Waals surface area contributed by atoms with Crippen molar-refractivity contribution in [1.82, 2.24) is 9.62 Å². The van der Waals surface area contributed by atoms with E-state index in [1.807, 2.05) is 6.92 Å². The zero-order valence-electron chi connectivity index (χ0n) is 17.2. The van der Waals surface area contributed by atoms with Crippen molar-refractivity contribution >= 4 is 33.2 Å². The van der Waals surface area contributed by atoms with Crippen molar-refractivity contribution in [3.05, 3.63) is 51.4 Å². The lowest BCUT2D eigenvalue weighted by atomic mass is 10.0. The molecule has 1 N–H and O–H groups in total. The zero-order chi connectivity index (χ0) is 22.9. The number of methoxy groups -OCH3 is 1. The van der Waals surface area contributed by atoms with Crippen LogP contribution in [0.4, 0.5) is 8.78 Å². The van der Waals surface area contributed by atoms with Gasteiger partial charge in [-0.15, -0.1) is 11.3 Å². The van der Waals surface area contributed by atoms with Crippen LogP contribution >= 0.6 is 11.3 Å². The number of benzene rings is 1. The molecule has 2 aromatic rings. The van der Waals surface area contributed by atoms with Crippen LogP contribution in [0, 0.1) is 11.6 Å². The van der Waals surface area contributed by atoms with Crippen LogP contribution in [0.2, 0.25) is 0 Å². The topological polar surface area (TPSA) is 92.8 Å². The van der Waals surface area contributed by atoms with Crippen molar-refractivity contribution in [3.63, 3.8) is 0 Å². The number of esters is 1. The number of nitrogens with zero attached hydrogens (tertiary/aromatic N) is 1. The summed E-state index contributed by atoms with van der Waals surface area (Å²) in [5, 5.41) is 0. The number of fused-ring (bicyclic) bond motifs is 1. The second kappa shape index (κ2) is 9.01. The lowest BCUT2D eigenvalue weighted by molar-refractivity contribution is 0.0595. The molecule has 3 rings (SSSR count). The number of hydrogen-bond acceptors (Lipinski definition) is 6. The van der Waals surface area contributed by atoms with Crippen molar-refractivity contribution in [1.29, 1.82) is 0 Å². The van der Waals surface area contributed by atoms with E-state index in [0.717, 1.165) is 23.5 Å². The van der Waals surface area contributed by atoms with E-state index in [1.165, 1.54) is 12.0 Å². The van der Waals surface area contributed by atoms with Gasteiger partial charge in [-0.1, -0.05) is 6.92 Å². The zero-order valence-corrected chi connectivity index (χ0v) is 18.8. The van der Waals surface area contributed by atoms with Crippen LogP contribution in [-0.2, 0) is 27.7 Å². The maximum Gasteiger partial charge on any atom is 0.340 e. The van der Waals surface area contributed by atoms with E-state index in [2.05, 4.69) is 4.72 Å². The summed E-state index contributed by atoms with van der Waals surface area (Å²) in [6.07, 6.45) is 0.757. The monoisotopic (exact) mass is 472 g/mol. The summed E-state index contributed by atoms with van der Waals surface area (Å²) in [5.74, 6) is -3.18. The highest BCUT2D eigenvalue weighted by atomic mass is 32.2. The Bertz CT molecular complexity index is 1130. The van der Waals surface area contributed by atoms with Crippen LogP contribution in [0.5, 0.6) is 0 Å². The van der Waals surface area contributed by atoms with Gasteiger partial charge in [-0.2, -0.15) is 0 Å². The largest absolute Gasteiger partial charge is 0.465 e. The SMILES string of the molecule is CC[C@@H](C)NS(=O)(=O)c1sc2c(c1C(=O)OC)CCN(C(=O)c1ccc(F)cc1F)C2. The van der Waals surface area contributed by atoms with Crippen LogP contribution in [0.3, 0.4) is 0 Å². The summed E-state index contributed by atoms with van der Waals surface area (Å²) in [4.78, 5) is 27.0. The standard InChI is InChI=1S/C20H22F2N2O5S2/c1-4-11(2)23-31(27,28)20-17(19(26)29-3)14-7-8-24(10-16(14)30-20)18(25)13-6-5-12(21)9-15(13)22/h5-6,9,11,23H,4,7-8,10H2,1-3H3/t11-/m1/s1. The molecule has 31 heavy (non-hydrogen) atoms. The molecule has 0 radical (unpaired) electrons. The van der Waals surface area contributed by atoms with Gasteiger partial charge in [-0.25, -0.2) is 26.7 Å². The molecule has 1 aromatic carbocycles. The lowest BCUT2D eigenvalue weighted by Gasteiger charge is -2.27. The molecule has 1 amide bonds. The van der Waals surface area contributed by atoms with Crippen molar-refractivity contribution in [2.24, 2.45) is 0 Å². The Morgan fingerprint density at radius 3 is 2.65 bits per heavy atom. The number of ether oxygens (including phenoxy) is 1. The van der Waals surface area contributed by atoms with Crippen molar-refractivity contribution in [2.75, 3.05) is 13.7 Å². The van der Waals surface area contributed by atoms with E-state index in [4.69, 9.17) is 4.74 Å². The molecule has 1 aliphatic heterocycles. The van der Waals surface area contributed by atoms with Crippen LogP contribution in [0.1, 0.15) is 51.4 Å². The van der Waals surface area contributed by atoms with Crippen molar-refractivity contribution in [3.8, 4) is 0 Å². The van der Waals surface area contributed by atoms with E-state index >= 15 is 0 Å². The molecule has 0 bridgehead atoms. The van der Waals surface area contributed by atoms with Gasteiger partial charge >= 0.3 is 5.97 Å². The van der Waals surface area contributed by atoms with E-state index in [1.54, 1.807) is 6.92 Å². The molecule has 7 nitrogen and oxygen atoms in total. The fourth-order valence-electron chi connectivity index (χ4n) is 3.28. The molecule has 1 atom stereocenters. The Morgan fingerprint density at radius 2 is 2.03 bits per heavy atom. The van der Waals surface area contributed by atoms with E-state index in [9.17, 15) is 26.8 Å². The Balaban J connectivity index is 1.98. The molecule has 0 unspecified atom stereocenters. The van der Waals surface area contributed by atoms with Crippen molar-refractivity contribution in [2.45, 2.75) is 43.5 Å². The third-order valence-corrected chi connectivity index (χ3v) is 8.40. The number of carbonyl (C=O) groups excluding carboxylic acids is 2. The Morgan fingerprint density at radius 1 is 1.32 bits per heavy atom. The molecule has 0 saturated carbocycles. The number of rotatable bonds is 6. The summed E-state index contributed by atoms with van der Waals surface area (Å²) in [6, 6.07) is 2.36. The number of thiophene rings is 1. The van der Waals surface area contributed by atoms with E-state index in [0.29, 0.717) is 22.9 Å². The van der Waals surface area contributed by atoms with Crippen LogP contribution < -0.4 is 4.72 Å². The first kappa shape index (κ1) is 23.3. The number of carbonyl (C=O) groups is 2. The molecule has 0 aliphatic carbocycles. The molecular formula is C20H22F2N2O5S2. The molecule has 11 heteroatoms. The van der Waals surface area contributed by atoms with Crippen LogP contribution in [0.15, 0.2) is 22.4 Å². The summed E-state index contributed by atoms with van der Waals surface area (Å²) in [5.41, 5.74) is 0.198. The summed E-state index contributed by atoms with van der Waals surface area (Å²) in [6.45, 7) is 3.67. The first-order valence-electron chi connectivity index (χ1n) is 9.58. The molecule has 168 valence electrons. The third-order valence-electron chi connectivity index (χ3n) is 5.08. The Labute approximate surface area is 183 Å².